The van der Waals surface area contributed by atoms with Crippen molar-refractivity contribution in [2.45, 2.75) is 18.3 Å². The Labute approximate surface area is 270 Å². The van der Waals surface area contributed by atoms with Crippen molar-refractivity contribution in [2.75, 3.05) is 0 Å². The van der Waals surface area contributed by atoms with Gasteiger partial charge in [-0.2, -0.15) is 0 Å². The van der Waals surface area contributed by atoms with Crippen LogP contribution in [0.2, 0.25) is 0 Å². The van der Waals surface area contributed by atoms with Crippen LogP contribution in [-0.4, -0.2) is 4.57 Å². The molecule has 222 valence electrons. The van der Waals surface area contributed by atoms with Gasteiger partial charge in [0.1, 0.15) is 5.76 Å². The van der Waals surface area contributed by atoms with Gasteiger partial charge < -0.3 is 9.30 Å². The van der Waals surface area contributed by atoms with Crippen LogP contribution in [0.15, 0.2) is 188 Å². The average molecular weight is 594 g/mol. The van der Waals surface area contributed by atoms with Gasteiger partial charge in [-0.05, 0) is 59.5 Å². The summed E-state index contributed by atoms with van der Waals surface area (Å²) in [7, 11) is 0. The smallest absolute Gasteiger partial charge is 0.130 e. The second kappa shape index (κ2) is 11.4. The average Bonchev–Trinajstić information content (AvgIpc) is 3.60. The van der Waals surface area contributed by atoms with E-state index >= 15 is 0 Å². The molecule has 3 unspecified atom stereocenters. The molecule has 1 aromatic heterocycles. The molecular weight excluding hydrogens is 558 g/mol. The van der Waals surface area contributed by atoms with Gasteiger partial charge in [0.15, 0.2) is 0 Å². The van der Waals surface area contributed by atoms with Crippen LogP contribution in [0.3, 0.4) is 0 Å². The minimum Gasteiger partial charge on any atom is -0.465 e. The van der Waals surface area contributed by atoms with Gasteiger partial charge in [-0.3, -0.25) is 0 Å². The van der Waals surface area contributed by atoms with Crippen molar-refractivity contribution in [2.24, 2.45) is 5.92 Å². The molecule has 0 saturated carbocycles. The zero-order valence-corrected chi connectivity index (χ0v) is 25.9. The van der Waals surface area contributed by atoms with Gasteiger partial charge in [0, 0.05) is 39.3 Å². The van der Waals surface area contributed by atoms with Crippen molar-refractivity contribution in [3.63, 3.8) is 0 Å². The highest BCUT2D eigenvalue weighted by Crippen LogP contribution is 2.59. The molecule has 0 saturated heterocycles. The Bertz CT molecular complexity index is 2160. The lowest BCUT2D eigenvalue weighted by Gasteiger charge is -2.37. The van der Waals surface area contributed by atoms with Crippen molar-refractivity contribution in [3.8, 4) is 0 Å². The van der Waals surface area contributed by atoms with Gasteiger partial charge in [-0.15, -0.1) is 0 Å². The van der Waals surface area contributed by atoms with E-state index in [0.717, 1.165) is 28.2 Å². The van der Waals surface area contributed by atoms with E-state index in [-0.39, 0.29) is 11.8 Å². The van der Waals surface area contributed by atoms with E-state index in [1.54, 1.807) is 6.26 Å². The largest absolute Gasteiger partial charge is 0.465 e. The molecule has 2 aliphatic carbocycles. The number of allylic oxidation sites excluding steroid dienone is 13. The summed E-state index contributed by atoms with van der Waals surface area (Å²) in [6, 6.07) is 36.8. The summed E-state index contributed by atoms with van der Waals surface area (Å²) in [5, 5.41) is 2.49. The Morgan fingerprint density at radius 2 is 1.46 bits per heavy atom. The summed E-state index contributed by atoms with van der Waals surface area (Å²) in [4.78, 5) is 0. The van der Waals surface area contributed by atoms with Gasteiger partial charge in [-0.1, -0.05) is 140 Å². The first kappa shape index (κ1) is 27.9. The summed E-state index contributed by atoms with van der Waals surface area (Å²) >= 11 is 0. The lowest BCUT2D eigenvalue weighted by molar-refractivity contribution is 0.348. The lowest BCUT2D eigenvalue weighted by Crippen LogP contribution is -2.33. The molecule has 0 bridgehead atoms. The molecule has 0 N–H and O–H groups in total. The molecule has 0 radical (unpaired) electrons. The number of ether oxygens (including phenoxy) is 1. The fourth-order valence-corrected chi connectivity index (χ4v) is 7.85. The van der Waals surface area contributed by atoms with Crippen molar-refractivity contribution in [1.82, 2.24) is 4.57 Å². The Balaban J connectivity index is 1.44. The maximum absolute atomic E-state index is 6.55. The standard InChI is InChI=1S/C44H35NO/c1-3-43-40(30-31(2)45-41-25-13-9-21-36(41)37-22-10-14-26-42(37)45)44(28-27-33(18-15-29-46-43)32-16-5-4-6-17-32)38-23-11-7-19-34(38)35-20-8-12-24-39(35)44/h3-30,34,38H,1H2,2H3/b28-27+,29-15+,31-30+,33-18+,43-40-. The lowest BCUT2D eigenvalue weighted by atomic mass is 9.65. The normalized spacial score (nSPS) is 26.3. The molecule has 1 spiro atoms. The molecule has 1 aliphatic heterocycles. The van der Waals surface area contributed by atoms with Crippen LogP contribution >= 0.6 is 0 Å². The molecule has 46 heavy (non-hydrogen) atoms. The van der Waals surface area contributed by atoms with Crippen molar-refractivity contribution >= 4 is 33.1 Å². The number of rotatable bonds is 4. The van der Waals surface area contributed by atoms with Gasteiger partial charge in [0.05, 0.1) is 17.3 Å². The topological polar surface area (TPSA) is 14.2 Å². The minimum absolute atomic E-state index is 0.141. The molecule has 3 aliphatic rings. The van der Waals surface area contributed by atoms with Gasteiger partial charge in [0.25, 0.3) is 0 Å². The molecule has 4 aromatic carbocycles. The van der Waals surface area contributed by atoms with E-state index in [1.165, 1.54) is 32.9 Å². The van der Waals surface area contributed by atoms with Crippen molar-refractivity contribution in [1.29, 1.82) is 0 Å². The molecule has 0 amide bonds. The van der Waals surface area contributed by atoms with E-state index in [9.17, 15) is 0 Å². The molecule has 5 aromatic rings. The summed E-state index contributed by atoms with van der Waals surface area (Å²) in [6.07, 6.45) is 23.9. The van der Waals surface area contributed by atoms with Crippen LogP contribution in [0.4, 0.5) is 0 Å². The van der Waals surface area contributed by atoms with Gasteiger partial charge in [-0.25, -0.2) is 0 Å². The molecule has 2 nitrogen and oxygen atoms in total. The summed E-state index contributed by atoms with van der Waals surface area (Å²) in [6.45, 7) is 6.49. The Morgan fingerprint density at radius 1 is 0.783 bits per heavy atom. The maximum atomic E-state index is 6.55. The van der Waals surface area contributed by atoms with Gasteiger partial charge in [0.2, 0.25) is 0 Å². The highest BCUT2D eigenvalue weighted by molar-refractivity contribution is 6.10. The third kappa shape index (κ3) is 4.33. The number of hydrogen-bond donors (Lipinski definition) is 0. The maximum Gasteiger partial charge on any atom is 0.130 e. The fourth-order valence-electron chi connectivity index (χ4n) is 7.85. The predicted octanol–water partition coefficient (Wildman–Crippen LogP) is 11.1. The number of hydrogen-bond acceptors (Lipinski definition) is 1. The quantitative estimate of drug-likeness (QED) is 0.202. The van der Waals surface area contributed by atoms with Crippen LogP contribution in [0, 0.1) is 5.92 Å². The van der Waals surface area contributed by atoms with E-state index in [0.29, 0.717) is 0 Å². The third-order valence-electron chi connectivity index (χ3n) is 9.79. The first-order valence-corrected chi connectivity index (χ1v) is 16.0. The van der Waals surface area contributed by atoms with Crippen LogP contribution in [0.25, 0.3) is 33.1 Å². The molecule has 2 heterocycles. The Kier molecular flexibility index (Phi) is 6.92. The van der Waals surface area contributed by atoms with Crippen LogP contribution in [-0.2, 0) is 10.2 Å². The van der Waals surface area contributed by atoms with E-state index < -0.39 is 5.41 Å². The number of aromatic nitrogens is 1. The summed E-state index contributed by atoms with van der Waals surface area (Å²) < 4.78 is 8.93. The zero-order chi connectivity index (χ0) is 31.1. The molecule has 0 fully saturated rings. The second-order valence-electron chi connectivity index (χ2n) is 12.2. The monoisotopic (exact) mass is 593 g/mol. The van der Waals surface area contributed by atoms with E-state index in [2.05, 4.69) is 170 Å². The number of nitrogens with zero attached hydrogens (tertiary/aromatic N) is 1. The van der Waals surface area contributed by atoms with Crippen LogP contribution in [0.1, 0.15) is 29.5 Å². The SMILES string of the molecule is C=C/C1=C(\C=C(/C)n2c3ccccc3c3ccccc32)C2(/C=C/C(c3ccccc3)=C\C=C\O1)c1ccccc1C1C=CC=CC12. The first-order chi connectivity index (χ1) is 22.7. The van der Waals surface area contributed by atoms with Crippen molar-refractivity contribution < 1.29 is 4.74 Å². The Hall–Kier alpha value is -5.60. The molecule has 2 heteroatoms. The van der Waals surface area contributed by atoms with Crippen LogP contribution < -0.4 is 0 Å². The first-order valence-electron chi connectivity index (χ1n) is 16.0. The van der Waals surface area contributed by atoms with E-state index in [1.807, 2.05) is 12.2 Å². The highest BCUT2D eigenvalue weighted by Gasteiger charge is 2.52. The van der Waals surface area contributed by atoms with E-state index in [4.69, 9.17) is 4.74 Å². The molecule has 3 atom stereocenters. The Morgan fingerprint density at radius 3 is 2.22 bits per heavy atom. The zero-order valence-electron chi connectivity index (χ0n) is 25.9. The minimum atomic E-state index is -0.537. The number of benzene rings is 4. The summed E-state index contributed by atoms with van der Waals surface area (Å²) in [5.74, 6) is 1.12. The number of para-hydroxylation sites is 2. The fraction of sp³-hybridized carbons (Fsp3) is 0.0909. The second-order valence-corrected chi connectivity index (χ2v) is 12.2. The predicted molar refractivity (Wildman–Crippen MR) is 193 cm³/mol. The number of fused-ring (bicyclic) bond motifs is 8. The molecule has 8 rings (SSSR count). The molecular formula is C44H35NO. The third-order valence-corrected chi connectivity index (χ3v) is 9.79. The van der Waals surface area contributed by atoms with Crippen molar-refractivity contribution in [3.05, 3.63) is 205 Å². The van der Waals surface area contributed by atoms with Crippen LogP contribution in [0.5, 0.6) is 0 Å². The van der Waals surface area contributed by atoms with Gasteiger partial charge >= 0.3 is 0 Å². The highest BCUT2D eigenvalue weighted by atomic mass is 16.5. The summed E-state index contributed by atoms with van der Waals surface area (Å²) in [5.41, 5.74) is 8.94.